The lowest BCUT2D eigenvalue weighted by atomic mass is 9.82. The maximum absolute atomic E-state index is 12.2. The summed E-state index contributed by atoms with van der Waals surface area (Å²) in [7, 11) is 0. The molecule has 2 heterocycles. The molecule has 0 saturated carbocycles. The molecule has 2 rings (SSSR count). The number of carbonyl (C=O) groups is 1. The summed E-state index contributed by atoms with van der Waals surface area (Å²) in [6, 6.07) is 2.06. The van der Waals surface area contributed by atoms with Gasteiger partial charge in [-0.2, -0.15) is 11.3 Å². The lowest BCUT2D eigenvalue weighted by molar-refractivity contribution is -0.0173. The summed E-state index contributed by atoms with van der Waals surface area (Å²) in [5, 5.41) is 14.9. The summed E-state index contributed by atoms with van der Waals surface area (Å²) in [5.41, 5.74) is 0.229. The van der Waals surface area contributed by atoms with Gasteiger partial charge in [0.05, 0.1) is 12.0 Å². The predicted octanol–water partition coefficient (Wildman–Crippen LogP) is 2.99. The van der Waals surface area contributed by atoms with Gasteiger partial charge in [0.1, 0.15) is 6.33 Å². The summed E-state index contributed by atoms with van der Waals surface area (Å²) in [6.45, 7) is 3.91. The minimum Gasteiger partial charge on any atom is -0.389 e. The summed E-state index contributed by atoms with van der Waals surface area (Å²) < 4.78 is 1.43. The number of aryl methyl sites for hydroxylation is 1. The topological polar surface area (TPSA) is 55.1 Å². The zero-order chi connectivity index (χ0) is 14.6. The van der Waals surface area contributed by atoms with Crippen LogP contribution in [0.5, 0.6) is 0 Å². The summed E-state index contributed by atoms with van der Waals surface area (Å²) in [6.07, 6.45) is 6.14. The summed E-state index contributed by atoms with van der Waals surface area (Å²) >= 11 is 1.65. The van der Waals surface area contributed by atoms with E-state index in [2.05, 4.69) is 16.4 Å². The average Bonchev–Trinajstić information content (AvgIpc) is 3.09. The van der Waals surface area contributed by atoms with Gasteiger partial charge in [-0.3, -0.25) is 9.36 Å². The molecule has 0 saturated heterocycles. The van der Waals surface area contributed by atoms with Gasteiger partial charge in [-0.1, -0.05) is 13.8 Å². The van der Waals surface area contributed by atoms with Crippen LogP contribution in [-0.4, -0.2) is 26.2 Å². The van der Waals surface area contributed by atoms with Gasteiger partial charge in [0.15, 0.2) is 0 Å². The van der Waals surface area contributed by atoms with Crippen LogP contribution in [0.3, 0.4) is 0 Å². The molecule has 108 valence electrons. The van der Waals surface area contributed by atoms with Crippen molar-refractivity contribution in [1.29, 1.82) is 0 Å². The SMILES string of the molecule is CC(C)C(O)(CCc1ccsc1)CC(=O)n1ccnc1. The van der Waals surface area contributed by atoms with Crippen LogP contribution in [0.4, 0.5) is 0 Å². The fourth-order valence-electron chi connectivity index (χ4n) is 2.14. The standard InChI is InChI=1S/C15H20N2O2S/c1-12(2)15(19,5-3-13-4-8-20-10-13)9-14(18)17-7-6-16-11-17/h4,6-8,10-12,19H,3,5,9H2,1-2H3. The van der Waals surface area contributed by atoms with E-state index in [4.69, 9.17) is 0 Å². The second kappa shape index (κ2) is 6.33. The molecular weight excluding hydrogens is 272 g/mol. The maximum atomic E-state index is 12.2. The van der Waals surface area contributed by atoms with Gasteiger partial charge in [0.25, 0.3) is 0 Å². The molecule has 5 heteroatoms. The van der Waals surface area contributed by atoms with E-state index in [-0.39, 0.29) is 18.2 Å². The molecule has 0 aliphatic rings. The highest BCUT2D eigenvalue weighted by atomic mass is 32.1. The second-order valence-corrected chi connectivity index (χ2v) is 6.21. The lowest BCUT2D eigenvalue weighted by Gasteiger charge is -2.31. The van der Waals surface area contributed by atoms with Crippen molar-refractivity contribution < 1.29 is 9.90 Å². The van der Waals surface area contributed by atoms with Crippen LogP contribution in [-0.2, 0) is 6.42 Å². The Bertz CT molecular complexity index is 534. The van der Waals surface area contributed by atoms with Crippen molar-refractivity contribution in [3.63, 3.8) is 0 Å². The Morgan fingerprint density at radius 2 is 2.35 bits per heavy atom. The third-order valence-corrected chi connectivity index (χ3v) is 4.48. The zero-order valence-electron chi connectivity index (χ0n) is 11.8. The van der Waals surface area contributed by atoms with Crippen LogP contribution in [0.25, 0.3) is 0 Å². The molecular formula is C15H20N2O2S. The molecule has 0 aliphatic heterocycles. The maximum Gasteiger partial charge on any atom is 0.234 e. The van der Waals surface area contributed by atoms with Gasteiger partial charge < -0.3 is 5.11 Å². The van der Waals surface area contributed by atoms with E-state index in [1.165, 1.54) is 16.5 Å². The zero-order valence-corrected chi connectivity index (χ0v) is 12.6. The van der Waals surface area contributed by atoms with Gasteiger partial charge >= 0.3 is 0 Å². The number of aromatic nitrogens is 2. The molecule has 2 aromatic rings. The molecule has 0 amide bonds. The molecule has 0 fully saturated rings. The number of rotatable bonds is 6. The molecule has 20 heavy (non-hydrogen) atoms. The first-order valence-electron chi connectivity index (χ1n) is 6.76. The number of aliphatic hydroxyl groups is 1. The first-order chi connectivity index (χ1) is 9.51. The van der Waals surface area contributed by atoms with E-state index < -0.39 is 5.60 Å². The minimum atomic E-state index is -0.983. The fourth-order valence-corrected chi connectivity index (χ4v) is 2.84. The van der Waals surface area contributed by atoms with Crippen molar-refractivity contribution >= 4 is 17.2 Å². The van der Waals surface area contributed by atoms with Crippen LogP contribution in [0, 0.1) is 5.92 Å². The normalized spacial score (nSPS) is 14.4. The molecule has 1 N–H and O–H groups in total. The Morgan fingerprint density at radius 3 is 2.90 bits per heavy atom. The lowest BCUT2D eigenvalue weighted by Crippen LogP contribution is -2.39. The smallest absolute Gasteiger partial charge is 0.234 e. The van der Waals surface area contributed by atoms with Crippen molar-refractivity contribution in [2.24, 2.45) is 5.92 Å². The Balaban J connectivity index is 2.03. The van der Waals surface area contributed by atoms with E-state index in [9.17, 15) is 9.90 Å². The predicted molar refractivity (Wildman–Crippen MR) is 79.9 cm³/mol. The molecule has 4 nitrogen and oxygen atoms in total. The first-order valence-corrected chi connectivity index (χ1v) is 7.70. The van der Waals surface area contributed by atoms with Crippen molar-refractivity contribution in [2.45, 2.75) is 38.7 Å². The van der Waals surface area contributed by atoms with Crippen LogP contribution in [0.1, 0.15) is 37.0 Å². The highest BCUT2D eigenvalue weighted by Crippen LogP contribution is 2.28. The van der Waals surface area contributed by atoms with E-state index in [0.717, 1.165) is 6.42 Å². The number of hydrogen-bond donors (Lipinski definition) is 1. The monoisotopic (exact) mass is 292 g/mol. The van der Waals surface area contributed by atoms with Crippen LogP contribution in [0.2, 0.25) is 0 Å². The molecule has 1 unspecified atom stereocenters. The third kappa shape index (κ3) is 3.55. The van der Waals surface area contributed by atoms with Gasteiger partial charge in [0.2, 0.25) is 5.91 Å². The second-order valence-electron chi connectivity index (χ2n) is 5.43. The van der Waals surface area contributed by atoms with Crippen molar-refractivity contribution in [3.05, 3.63) is 41.1 Å². The first kappa shape index (κ1) is 14.9. The highest BCUT2D eigenvalue weighted by molar-refractivity contribution is 7.07. The number of imidazole rings is 1. The number of hydrogen-bond acceptors (Lipinski definition) is 4. The highest BCUT2D eigenvalue weighted by Gasteiger charge is 2.33. The van der Waals surface area contributed by atoms with Crippen LogP contribution < -0.4 is 0 Å². The number of nitrogens with zero attached hydrogens (tertiary/aromatic N) is 2. The molecule has 2 aromatic heterocycles. The van der Waals surface area contributed by atoms with E-state index in [1.807, 2.05) is 19.2 Å². The molecule has 0 aromatic carbocycles. The Labute approximate surface area is 123 Å². The summed E-state index contributed by atoms with van der Waals surface area (Å²) in [4.78, 5) is 16.0. The van der Waals surface area contributed by atoms with E-state index >= 15 is 0 Å². The molecule has 0 spiro atoms. The summed E-state index contributed by atoms with van der Waals surface area (Å²) in [5.74, 6) is -0.0994. The van der Waals surface area contributed by atoms with Gasteiger partial charge in [-0.15, -0.1) is 0 Å². The van der Waals surface area contributed by atoms with Crippen molar-refractivity contribution in [2.75, 3.05) is 0 Å². The van der Waals surface area contributed by atoms with E-state index in [1.54, 1.807) is 23.7 Å². The van der Waals surface area contributed by atoms with Crippen LogP contribution in [0.15, 0.2) is 35.5 Å². The number of carbonyl (C=O) groups excluding carboxylic acids is 1. The quantitative estimate of drug-likeness (QED) is 0.890. The largest absolute Gasteiger partial charge is 0.389 e. The molecule has 0 aliphatic carbocycles. The van der Waals surface area contributed by atoms with Crippen LogP contribution >= 0.6 is 11.3 Å². The average molecular weight is 292 g/mol. The van der Waals surface area contributed by atoms with Crippen molar-refractivity contribution in [3.8, 4) is 0 Å². The van der Waals surface area contributed by atoms with Gasteiger partial charge in [-0.25, -0.2) is 4.98 Å². The number of thiophene rings is 1. The van der Waals surface area contributed by atoms with Gasteiger partial charge in [0, 0.05) is 12.4 Å². The van der Waals surface area contributed by atoms with E-state index in [0.29, 0.717) is 6.42 Å². The van der Waals surface area contributed by atoms with Gasteiger partial charge in [-0.05, 0) is 41.1 Å². The molecule has 1 atom stereocenters. The minimum absolute atomic E-state index is 0.0219. The van der Waals surface area contributed by atoms with Crippen molar-refractivity contribution in [1.82, 2.24) is 9.55 Å². The Morgan fingerprint density at radius 1 is 1.55 bits per heavy atom. The third-order valence-electron chi connectivity index (χ3n) is 3.75. The Kier molecular flexibility index (Phi) is 4.73. The molecule has 0 bridgehead atoms. The fraction of sp³-hybridized carbons (Fsp3) is 0.467. The Hall–Kier alpha value is -1.46. The molecule has 0 radical (unpaired) electrons.